The van der Waals surface area contributed by atoms with E-state index in [9.17, 15) is 4.79 Å². The van der Waals surface area contributed by atoms with E-state index in [1.54, 1.807) is 23.9 Å². The number of halogens is 1. The maximum atomic E-state index is 13.6. The molecule has 0 aliphatic carbocycles. The Morgan fingerprint density at radius 1 is 1.21 bits per heavy atom. The Bertz CT molecular complexity index is 1200. The molecule has 0 amide bonds. The maximum Gasteiger partial charge on any atom is 0.277 e. The minimum absolute atomic E-state index is 0.0865. The number of pyridine rings is 1. The van der Waals surface area contributed by atoms with Gasteiger partial charge in [-0.1, -0.05) is 17.7 Å². The zero-order valence-electron chi connectivity index (χ0n) is 19.9. The number of hydrogen-bond acceptors (Lipinski definition) is 7. The standard InChI is InChI=1S/C25H30ClN5O3/c1-5-31-24(18-11-10-17(33-4)13-19(18)26)28-16(3)23(25(31)32)29-20-14-30(15-21(20)34-6-2)22-9-7-8-12-27-22/h7-13,20-21,29H,5-6,14-15H2,1-4H3/t20-,21-/m1/s1. The molecule has 0 spiro atoms. The van der Waals surface area contributed by atoms with E-state index in [0.29, 0.717) is 59.8 Å². The number of methoxy groups -OCH3 is 1. The van der Waals surface area contributed by atoms with Crippen molar-refractivity contribution in [1.29, 1.82) is 0 Å². The van der Waals surface area contributed by atoms with E-state index in [0.717, 1.165) is 5.82 Å². The van der Waals surface area contributed by atoms with E-state index in [1.807, 2.05) is 51.1 Å². The van der Waals surface area contributed by atoms with Gasteiger partial charge in [0.2, 0.25) is 0 Å². The number of aromatic nitrogens is 3. The highest BCUT2D eigenvalue weighted by atomic mass is 35.5. The Hall–Kier alpha value is -3.10. The summed E-state index contributed by atoms with van der Waals surface area (Å²) in [5.41, 5.74) is 1.64. The predicted molar refractivity (Wildman–Crippen MR) is 135 cm³/mol. The molecule has 180 valence electrons. The lowest BCUT2D eigenvalue weighted by atomic mass is 10.1. The second-order valence-corrected chi connectivity index (χ2v) is 8.54. The van der Waals surface area contributed by atoms with Gasteiger partial charge in [-0.05, 0) is 51.1 Å². The van der Waals surface area contributed by atoms with Gasteiger partial charge in [-0.15, -0.1) is 0 Å². The number of nitrogens with one attached hydrogen (secondary N) is 1. The van der Waals surface area contributed by atoms with Gasteiger partial charge in [0.05, 0.1) is 30.0 Å². The van der Waals surface area contributed by atoms with Gasteiger partial charge in [-0.2, -0.15) is 0 Å². The summed E-state index contributed by atoms with van der Waals surface area (Å²) < 4.78 is 12.9. The number of aryl methyl sites for hydroxylation is 1. The molecule has 3 aromatic rings. The fraction of sp³-hybridized carbons (Fsp3) is 0.400. The van der Waals surface area contributed by atoms with Gasteiger partial charge in [-0.3, -0.25) is 9.36 Å². The van der Waals surface area contributed by atoms with Gasteiger partial charge in [0, 0.05) is 38.0 Å². The van der Waals surface area contributed by atoms with Gasteiger partial charge in [-0.25, -0.2) is 9.97 Å². The average molecular weight is 484 g/mol. The zero-order chi connectivity index (χ0) is 24.2. The topological polar surface area (TPSA) is 81.5 Å². The fourth-order valence-electron chi connectivity index (χ4n) is 4.34. The summed E-state index contributed by atoms with van der Waals surface area (Å²) in [5.74, 6) is 2.07. The van der Waals surface area contributed by atoms with Crippen molar-refractivity contribution in [2.45, 2.75) is 39.5 Å². The minimum Gasteiger partial charge on any atom is -0.497 e. The van der Waals surface area contributed by atoms with E-state index in [2.05, 4.69) is 15.2 Å². The van der Waals surface area contributed by atoms with Crippen molar-refractivity contribution >= 4 is 23.1 Å². The SMILES string of the molecule is CCO[C@@H]1CN(c2ccccn2)C[C@H]1Nc1c(C)nc(-c2ccc(OC)cc2Cl)n(CC)c1=O. The van der Waals surface area contributed by atoms with Gasteiger partial charge in [0.15, 0.2) is 0 Å². The normalized spacial score (nSPS) is 17.7. The van der Waals surface area contributed by atoms with Crippen LogP contribution in [0.1, 0.15) is 19.5 Å². The van der Waals surface area contributed by atoms with Crippen LogP contribution in [0.15, 0.2) is 47.4 Å². The number of hydrogen-bond donors (Lipinski definition) is 1. The lowest BCUT2D eigenvalue weighted by Gasteiger charge is -2.22. The Kier molecular flexibility index (Phi) is 7.38. The second kappa shape index (κ2) is 10.4. The van der Waals surface area contributed by atoms with Crippen LogP contribution >= 0.6 is 11.6 Å². The molecule has 0 bridgehead atoms. The molecule has 0 saturated carbocycles. The zero-order valence-corrected chi connectivity index (χ0v) is 20.7. The van der Waals surface area contributed by atoms with Crippen molar-refractivity contribution in [2.75, 3.05) is 37.0 Å². The molecule has 2 aromatic heterocycles. The molecule has 1 N–H and O–H groups in total. The van der Waals surface area contributed by atoms with Crippen LogP contribution in [-0.4, -0.2) is 53.5 Å². The molecule has 0 radical (unpaired) electrons. The molecular weight excluding hydrogens is 454 g/mol. The first-order valence-corrected chi connectivity index (χ1v) is 11.8. The van der Waals surface area contributed by atoms with Crippen molar-refractivity contribution in [3.8, 4) is 17.1 Å². The van der Waals surface area contributed by atoms with Crippen LogP contribution < -0.4 is 20.5 Å². The first-order valence-electron chi connectivity index (χ1n) is 11.5. The Morgan fingerprint density at radius 2 is 2.03 bits per heavy atom. The molecule has 1 aliphatic rings. The van der Waals surface area contributed by atoms with Crippen molar-refractivity contribution in [2.24, 2.45) is 0 Å². The first-order chi connectivity index (χ1) is 16.5. The number of anilines is 2. The van der Waals surface area contributed by atoms with Gasteiger partial charge in [0.1, 0.15) is 23.1 Å². The maximum absolute atomic E-state index is 13.6. The Balaban J connectivity index is 1.67. The van der Waals surface area contributed by atoms with Crippen LogP contribution in [0.4, 0.5) is 11.5 Å². The van der Waals surface area contributed by atoms with Crippen LogP contribution in [-0.2, 0) is 11.3 Å². The molecular formula is C25H30ClN5O3. The summed E-state index contributed by atoms with van der Waals surface area (Å²) in [6.45, 7) is 8.14. The van der Waals surface area contributed by atoms with E-state index in [1.165, 1.54) is 0 Å². The van der Waals surface area contributed by atoms with Crippen molar-refractivity contribution in [3.05, 3.63) is 63.7 Å². The van der Waals surface area contributed by atoms with E-state index in [-0.39, 0.29) is 17.7 Å². The molecule has 1 aliphatic heterocycles. The van der Waals surface area contributed by atoms with Crippen LogP contribution in [0.2, 0.25) is 5.02 Å². The lowest BCUT2D eigenvalue weighted by molar-refractivity contribution is 0.0720. The minimum atomic E-state index is -0.136. The number of benzene rings is 1. The van der Waals surface area contributed by atoms with Gasteiger partial charge < -0.3 is 19.7 Å². The molecule has 4 rings (SSSR count). The van der Waals surface area contributed by atoms with E-state index in [4.69, 9.17) is 26.1 Å². The summed E-state index contributed by atoms with van der Waals surface area (Å²) in [4.78, 5) is 25.0. The molecule has 0 unspecified atom stereocenters. The third-order valence-electron chi connectivity index (χ3n) is 6.03. The summed E-state index contributed by atoms with van der Waals surface area (Å²) in [6.07, 6.45) is 1.69. The molecule has 8 nitrogen and oxygen atoms in total. The third kappa shape index (κ3) is 4.74. The first kappa shape index (κ1) is 24.0. The largest absolute Gasteiger partial charge is 0.497 e. The summed E-state index contributed by atoms with van der Waals surface area (Å²) in [6, 6.07) is 11.1. The lowest BCUT2D eigenvalue weighted by Crippen LogP contribution is -2.38. The summed E-state index contributed by atoms with van der Waals surface area (Å²) in [7, 11) is 1.59. The predicted octanol–water partition coefficient (Wildman–Crippen LogP) is 4.00. The van der Waals surface area contributed by atoms with E-state index < -0.39 is 0 Å². The van der Waals surface area contributed by atoms with Gasteiger partial charge >= 0.3 is 0 Å². The summed E-state index contributed by atoms with van der Waals surface area (Å²) >= 11 is 6.50. The monoisotopic (exact) mass is 483 g/mol. The third-order valence-corrected chi connectivity index (χ3v) is 6.35. The highest BCUT2D eigenvalue weighted by Gasteiger charge is 2.35. The van der Waals surface area contributed by atoms with Gasteiger partial charge in [0.25, 0.3) is 5.56 Å². The van der Waals surface area contributed by atoms with E-state index >= 15 is 0 Å². The quantitative estimate of drug-likeness (QED) is 0.518. The Morgan fingerprint density at radius 3 is 2.68 bits per heavy atom. The van der Waals surface area contributed by atoms with Crippen molar-refractivity contribution in [3.63, 3.8) is 0 Å². The summed E-state index contributed by atoms with van der Waals surface area (Å²) in [5, 5.41) is 3.93. The van der Waals surface area contributed by atoms with Crippen LogP contribution in [0.3, 0.4) is 0 Å². The van der Waals surface area contributed by atoms with Crippen molar-refractivity contribution < 1.29 is 9.47 Å². The highest BCUT2D eigenvalue weighted by Crippen LogP contribution is 2.31. The molecule has 1 fully saturated rings. The second-order valence-electron chi connectivity index (χ2n) is 8.13. The molecule has 1 saturated heterocycles. The molecule has 34 heavy (non-hydrogen) atoms. The average Bonchev–Trinajstić information content (AvgIpc) is 3.24. The molecule has 9 heteroatoms. The molecule has 2 atom stereocenters. The number of ether oxygens (including phenoxy) is 2. The van der Waals surface area contributed by atoms with Crippen LogP contribution in [0, 0.1) is 6.92 Å². The van der Waals surface area contributed by atoms with Crippen molar-refractivity contribution in [1.82, 2.24) is 14.5 Å². The number of nitrogens with zero attached hydrogens (tertiary/aromatic N) is 4. The van der Waals surface area contributed by atoms with Crippen LogP contribution in [0.25, 0.3) is 11.4 Å². The number of rotatable bonds is 8. The smallest absolute Gasteiger partial charge is 0.277 e. The Labute approximate surface area is 204 Å². The van der Waals surface area contributed by atoms with Crippen LogP contribution in [0.5, 0.6) is 5.75 Å². The fourth-order valence-corrected chi connectivity index (χ4v) is 4.59. The molecule has 3 heterocycles. The molecule has 1 aromatic carbocycles. The highest BCUT2D eigenvalue weighted by molar-refractivity contribution is 6.33.